The summed E-state index contributed by atoms with van der Waals surface area (Å²) in [5.41, 5.74) is 1.15. The number of hydrogen-bond donors (Lipinski definition) is 1. The summed E-state index contributed by atoms with van der Waals surface area (Å²) in [6.07, 6.45) is 0.706. The molecule has 0 saturated heterocycles. The Bertz CT molecular complexity index is 327. The van der Waals surface area contributed by atoms with Gasteiger partial charge in [0, 0.05) is 7.05 Å². The average Bonchev–Trinajstić information content (AvgIpc) is 2.16. The molecule has 0 aliphatic carbocycles. The zero-order valence-electron chi connectivity index (χ0n) is 7.47. The fraction of sp³-hybridized carbons (Fsp3) is 0.375. The van der Waals surface area contributed by atoms with E-state index in [-0.39, 0.29) is 5.91 Å². The van der Waals surface area contributed by atoms with Crippen molar-refractivity contribution >= 4 is 17.5 Å². The fourth-order valence-electron chi connectivity index (χ4n) is 0.982. The summed E-state index contributed by atoms with van der Waals surface area (Å²) in [6.45, 7) is 1.93. The molecule has 0 aliphatic heterocycles. The molecule has 4 nitrogen and oxygen atoms in total. The number of nitrogens with zero attached hydrogens (tertiary/aromatic N) is 2. The molecule has 1 heterocycles. The molecule has 0 saturated carbocycles. The van der Waals surface area contributed by atoms with Crippen LogP contribution in [-0.4, -0.2) is 23.2 Å². The van der Waals surface area contributed by atoms with E-state index in [1.54, 1.807) is 13.1 Å². The molecule has 0 atom stereocenters. The van der Waals surface area contributed by atoms with E-state index in [4.69, 9.17) is 11.6 Å². The number of rotatable bonds is 2. The Hall–Kier alpha value is -1.16. The minimum Gasteiger partial charge on any atom is -0.354 e. The van der Waals surface area contributed by atoms with E-state index < -0.39 is 0 Å². The summed E-state index contributed by atoms with van der Waals surface area (Å²) in [4.78, 5) is 11.2. The van der Waals surface area contributed by atoms with Gasteiger partial charge in [-0.1, -0.05) is 18.5 Å². The molecule has 0 aromatic carbocycles. The van der Waals surface area contributed by atoms with Crippen molar-refractivity contribution < 1.29 is 4.79 Å². The molecule has 70 valence electrons. The summed E-state index contributed by atoms with van der Waals surface area (Å²) < 4.78 is 0. The molecule has 0 spiro atoms. The van der Waals surface area contributed by atoms with Gasteiger partial charge >= 0.3 is 0 Å². The summed E-state index contributed by atoms with van der Waals surface area (Å²) in [5, 5.41) is 10.1. The highest BCUT2D eigenvalue weighted by Gasteiger charge is 2.11. The second kappa shape index (κ2) is 4.18. The largest absolute Gasteiger partial charge is 0.354 e. The third-order valence-electron chi connectivity index (χ3n) is 1.67. The molecule has 1 N–H and O–H groups in total. The van der Waals surface area contributed by atoms with Crippen molar-refractivity contribution in [2.24, 2.45) is 0 Å². The normalized spacial score (nSPS) is 9.77. The highest BCUT2D eigenvalue weighted by molar-refractivity contribution is 6.29. The second-order valence-electron chi connectivity index (χ2n) is 2.47. The maximum Gasteiger partial charge on any atom is 0.271 e. The molecule has 0 unspecified atom stereocenters. The Morgan fingerprint density at radius 3 is 2.85 bits per heavy atom. The van der Waals surface area contributed by atoms with Crippen LogP contribution in [0.15, 0.2) is 6.07 Å². The lowest BCUT2D eigenvalue weighted by atomic mass is 10.1. The van der Waals surface area contributed by atoms with Crippen molar-refractivity contribution in [1.29, 1.82) is 0 Å². The lowest BCUT2D eigenvalue weighted by Gasteiger charge is -2.03. The molecule has 0 fully saturated rings. The Labute approximate surface area is 81.3 Å². The number of aromatic nitrogens is 2. The van der Waals surface area contributed by atoms with Gasteiger partial charge in [-0.15, -0.1) is 10.2 Å². The lowest BCUT2D eigenvalue weighted by molar-refractivity contribution is 0.0956. The van der Waals surface area contributed by atoms with E-state index in [9.17, 15) is 4.79 Å². The van der Waals surface area contributed by atoms with Crippen LogP contribution in [0.5, 0.6) is 0 Å². The molecular weight excluding hydrogens is 190 g/mol. The van der Waals surface area contributed by atoms with Crippen LogP contribution in [0, 0.1) is 0 Å². The number of nitrogens with one attached hydrogen (secondary N) is 1. The minimum absolute atomic E-state index is 0.235. The van der Waals surface area contributed by atoms with Gasteiger partial charge in [0.1, 0.15) is 0 Å². The zero-order valence-corrected chi connectivity index (χ0v) is 8.22. The molecule has 1 aromatic rings. The van der Waals surface area contributed by atoms with Crippen LogP contribution in [0.4, 0.5) is 0 Å². The third-order valence-corrected chi connectivity index (χ3v) is 1.85. The predicted octanol–water partition coefficient (Wildman–Crippen LogP) is 1.05. The first-order valence-corrected chi connectivity index (χ1v) is 4.31. The third kappa shape index (κ3) is 2.15. The molecule has 1 rings (SSSR count). The lowest BCUT2D eigenvalue weighted by Crippen LogP contribution is -2.21. The summed E-state index contributed by atoms with van der Waals surface area (Å²) >= 11 is 5.64. The summed E-state index contributed by atoms with van der Waals surface area (Å²) in [6, 6.07) is 1.65. The highest BCUT2D eigenvalue weighted by Crippen LogP contribution is 2.10. The van der Waals surface area contributed by atoms with Gasteiger partial charge in [0.05, 0.1) is 0 Å². The van der Waals surface area contributed by atoms with E-state index in [0.29, 0.717) is 17.3 Å². The minimum atomic E-state index is -0.235. The van der Waals surface area contributed by atoms with Gasteiger partial charge in [-0.3, -0.25) is 4.79 Å². The topological polar surface area (TPSA) is 54.9 Å². The number of hydrogen-bond acceptors (Lipinski definition) is 3. The van der Waals surface area contributed by atoms with Gasteiger partial charge in [-0.2, -0.15) is 0 Å². The van der Waals surface area contributed by atoms with Gasteiger partial charge in [0.15, 0.2) is 10.8 Å². The Kier molecular flexibility index (Phi) is 3.19. The zero-order chi connectivity index (χ0) is 9.84. The standard InChI is InChI=1S/C8H10ClN3O/c1-3-5-4-6(9)11-12-7(5)8(13)10-2/h4H,3H2,1-2H3,(H,10,13). The molecule has 0 radical (unpaired) electrons. The van der Waals surface area contributed by atoms with Crippen molar-refractivity contribution in [3.05, 3.63) is 22.5 Å². The first-order chi connectivity index (χ1) is 6.19. The Balaban J connectivity index is 3.13. The maximum absolute atomic E-state index is 11.2. The van der Waals surface area contributed by atoms with Gasteiger partial charge in [0.2, 0.25) is 0 Å². The van der Waals surface area contributed by atoms with E-state index >= 15 is 0 Å². The fourth-order valence-corrected chi connectivity index (χ4v) is 1.15. The predicted molar refractivity (Wildman–Crippen MR) is 49.8 cm³/mol. The number of carbonyl (C=O) groups is 1. The van der Waals surface area contributed by atoms with Crippen LogP contribution >= 0.6 is 11.6 Å². The molecule has 13 heavy (non-hydrogen) atoms. The molecule has 0 aliphatic rings. The number of halogens is 1. The van der Waals surface area contributed by atoms with Crippen molar-refractivity contribution in [1.82, 2.24) is 15.5 Å². The number of carbonyl (C=O) groups excluding carboxylic acids is 1. The Morgan fingerprint density at radius 1 is 1.62 bits per heavy atom. The van der Waals surface area contributed by atoms with Crippen molar-refractivity contribution in [3.8, 4) is 0 Å². The van der Waals surface area contributed by atoms with Gasteiger partial charge < -0.3 is 5.32 Å². The van der Waals surface area contributed by atoms with E-state index in [1.807, 2.05) is 6.92 Å². The second-order valence-corrected chi connectivity index (χ2v) is 2.86. The van der Waals surface area contributed by atoms with Crippen LogP contribution in [0.2, 0.25) is 5.15 Å². The highest BCUT2D eigenvalue weighted by atomic mass is 35.5. The summed E-state index contributed by atoms with van der Waals surface area (Å²) in [5.74, 6) is -0.235. The molecule has 5 heteroatoms. The van der Waals surface area contributed by atoms with Crippen LogP contribution in [0.25, 0.3) is 0 Å². The Morgan fingerprint density at radius 2 is 2.31 bits per heavy atom. The SMILES string of the molecule is CCc1cc(Cl)nnc1C(=O)NC. The average molecular weight is 200 g/mol. The van der Waals surface area contributed by atoms with Crippen molar-refractivity contribution in [2.75, 3.05) is 7.05 Å². The molecule has 1 amide bonds. The van der Waals surface area contributed by atoms with Gasteiger partial charge in [0.25, 0.3) is 5.91 Å². The van der Waals surface area contributed by atoms with E-state index in [0.717, 1.165) is 5.56 Å². The number of aryl methyl sites for hydroxylation is 1. The van der Waals surface area contributed by atoms with Crippen LogP contribution in [0.3, 0.4) is 0 Å². The monoisotopic (exact) mass is 199 g/mol. The van der Waals surface area contributed by atoms with Crippen molar-refractivity contribution in [2.45, 2.75) is 13.3 Å². The van der Waals surface area contributed by atoms with Gasteiger partial charge in [-0.05, 0) is 18.1 Å². The molecular formula is C8H10ClN3O. The first kappa shape index (κ1) is 9.92. The van der Waals surface area contributed by atoms with Crippen LogP contribution in [-0.2, 0) is 6.42 Å². The smallest absolute Gasteiger partial charge is 0.271 e. The maximum atomic E-state index is 11.2. The van der Waals surface area contributed by atoms with E-state index in [1.165, 1.54) is 0 Å². The van der Waals surface area contributed by atoms with Crippen molar-refractivity contribution in [3.63, 3.8) is 0 Å². The van der Waals surface area contributed by atoms with Crippen LogP contribution < -0.4 is 5.32 Å². The molecule has 0 bridgehead atoms. The molecule has 1 aromatic heterocycles. The first-order valence-electron chi connectivity index (χ1n) is 3.93. The summed E-state index contributed by atoms with van der Waals surface area (Å²) in [7, 11) is 1.55. The van der Waals surface area contributed by atoms with Gasteiger partial charge in [-0.25, -0.2) is 0 Å². The quantitative estimate of drug-likeness (QED) is 0.775. The van der Waals surface area contributed by atoms with E-state index in [2.05, 4.69) is 15.5 Å². The van der Waals surface area contributed by atoms with Crippen LogP contribution in [0.1, 0.15) is 23.0 Å². The number of amides is 1.